The minimum absolute atomic E-state index is 0.0610. The smallest absolute Gasteiger partial charge is 0.306 e. The van der Waals surface area contributed by atoms with Gasteiger partial charge in [0.15, 0.2) is 6.10 Å². The van der Waals surface area contributed by atoms with Crippen LogP contribution in [0.3, 0.4) is 0 Å². The summed E-state index contributed by atoms with van der Waals surface area (Å²) in [7, 11) is 0. The van der Waals surface area contributed by atoms with Crippen LogP contribution in [-0.4, -0.2) is 37.2 Å². The Morgan fingerprint density at radius 3 is 0.571 bits per heavy atom. The van der Waals surface area contributed by atoms with Crippen molar-refractivity contribution in [3.05, 3.63) is 0 Å². The first-order valence-electron chi connectivity index (χ1n) is 32.0. The Morgan fingerprint density at radius 2 is 0.386 bits per heavy atom. The zero-order valence-electron chi connectivity index (χ0n) is 47.8. The van der Waals surface area contributed by atoms with Crippen molar-refractivity contribution in [1.82, 2.24) is 0 Å². The molecule has 416 valence electrons. The van der Waals surface area contributed by atoms with Crippen molar-refractivity contribution in [3.63, 3.8) is 0 Å². The molecule has 0 aromatic rings. The number of hydrogen-bond acceptors (Lipinski definition) is 6. The number of carbonyl (C=O) groups is 3. The molecule has 0 aliphatic carbocycles. The van der Waals surface area contributed by atoms with Gasteiger partial charge < -0.3 is 14.2 Å². The predicted octanol–water partition coefficient (Wildman–Crippen LogP) is 21.5. The molecule has 1 atom stereocenters. The van der Waals surface area contributed by atoms with Gasteiger partial charge in [0.2, 0.25) is 0 Å². The maximum atomic E-state index is 12.8. The molecular formula is C64H124O6. The Balaban J connectivity index is 4.08. The van der Waals surface area contributed by atoms with Crippen LogP contribution in [0.5, 0.6) is 0 Å². The number of esters is 3. The van der Waals surface area contributed by atoms with Gasteiger partial charge in [-0.1, -0.05) is 335 Å². The zero-order valence-corrected chi connectivity index (χ0v) is 47.8. The minimum atomic E-state index is -0.761. The lowest BCUT2D eigenvalue weighted by Gasteiger charge is -2.18. The highest BCUT2D eigenvalue weighted by Crippen LogP contribution is 2.19. The van der Waals surface area contributed by atoms with Gasteiger partial charge in [-0.3, -0.25) is 14.4 Å². The second kappa shape index (κ2) is 60.0. The highest BCUT2D eigenvalue weighted by atomic mass is 16.6. The molecule has 1 unspecified atom stereocenters. The van der Waals surface area contributed by atoms with Crippen LogP contribution in [0.25, 0.3) is 0 Å². The first kappa shape index (κ1) is 68.4. The monoisotopic (exact) mass is 989 g/mol. The highest BCUT2D eigenvalue weighted by molar-refractivity contribution is 5.71. The standard InChI is InChI=1S/C64H124O6/c1-4-7-10-13-16-19-22-24-26-27-28-29-30-31-32-33-34-35-36-37-39-40-42-45-48-51-54-57-63(66)69-60-61(59-68-62(65)56-53-50-47-44-21-18-15-12-9-6-3)70-64(67)58-55-52-49-46-43-41-38-25-23-20-17-14-11-8-5-2/h61H,4-60H2,1-3H3. The van der Waals surface area contributed by atoms with Gasteiger partial charge in [-0.2, -0.15) is 0 Å². The summed E-state index contributed by atoms with van der Waals surface area (Å²) in [5.74, 6) is -0.832. The quantitative estimate of drug-likeness (QED) is 0.0343. The summed E-state index contributed by atoms with van der Waals surface area (Å²) < 4.78 is 16.9. The average molecular weight is 990 g/mol. The second-order valence-corrected chi connectivity index (χ2v) is 22.1. The molecule has 0 rings (SSSR count). The van der Waals surface area contributed by atoms with Gasteiger partial charge in [-0.15, -0.1) is 0 Å². The third-order valence-corrected chi connectivity index (χ3v) is 14.9. The molecule has 0 saturated heterocycles. The van der Waals surface area contributed by atoms with E-state index in [1.54, 1.807) is 0 Å². The van der Waals surface area contributed by atoms with E-state index >= 15 is 0 Å². The van der Waals surface area contributed by atoms with Crippen molar-refractivity contribution in [2.45, 2.75) is 380 Å². The average Bonchev–Trinajstić information content (AvgIpc) is 3.36. The van der Waals surface area contributed by atoms with Gasteiger partial charge in [0.1, 0.15) is 13.2 Å². The molecule has 0 aromatic heterocycles. The summed E-state index contributed by atoms with van der Waals surface area (Å²) in [4.78, 5) is 38.1. The Labute approximate surface area is 438 Å². The molecule has 0 radical (unpaired) electrons. The molecule has 0 N–H and O–H groups in total. The third-order valence-electron chi connectivity index (χ3n) is 14.9. The van der Waals surface area contributed by atoms with Gasteiger partial charge in [0.25, 0.3) is 0 Å². The van der Waals surface area contributed by atoms with E-state index in [1.807, 2.05) is 0 Å². The molecule has 6 nitrogen and oxygen atoms in total. The molecule has 0 saturated carbocycles. The van der Waals surface area contributed by atoms with Gasteiger partial charge in [0, 0.05) is 19.3 Å². The van der Waals surface area contributed by atoms with E-state index in [1.165, 1.54) is 276 Å². The van der Waals surface area contributed by atoms with E-state index in [-0.39, 0.29) is 31.1 Å². The van der Waals surface area contributed by atoms with E-state index in [0.29, 0.717) is 19.3 Å². The third kappa shape index (κ3) is 57.3. The van der Waals surface area contributed by atoms with E-state index in [9.17, 15) is 14.4 Å². The predicted molar refractivity (Wildman–Crippen MR) is 303 cm³/mol. The summed E-state index contributed by atoms with van der Waals surface area (Å²) in [6.45, 7) is 6.70. The van der Waals surface area contributed by atoms with E-state index in [2.05, 4.69) is 20.8 Å². The molecular weight excluding hydrogens is 865 g/mol. The van der Waals surface area contributed by atoms with Crippen molar-refractivity contribution in [2.75, 3.05) is 13.2 Å². The largest absolute Gasteiger partial charge is 0.462 e. The van der Waals surface area contributed by atoms with Crippen LogP contribution in [0.15, 0.2) is 0 Å². The Bertz CT molecular complexity index is 1040. The van der Waals surface area contributed by atoms with Crippen molar-refractivity contribution in [2.24, 2.45) is 0 Å². The van der Waals surface area contributed by atoms with Crippen molar-refractivity contribution in [1.29, 1.82) is 0 Å². The molecule has 0 fully saturated rings. The number of rotatable bonds is 60. The van der Waals surface area contributed by atoms with Crippen LogP contribution in [0.2, 0.25) is 0 Å². The van der Waals surface area contributed by atoms with Crippen LogP contribution in [0.4, 0.5) is 0 Å². The molecule has 0 spiro atoms. The van der Waals surface area contributed by atoms with Gasteiger partial charge in [-0.05, 0) is 19.3 Å². The lowest BCUT2D eigenvalue weighted by atomic mass is 10.0. The fraction of sp³-hybridized carbons (Fsp3) is 0.953. The molecule has 0 bridgehead atoms. The summed E-state index contributed by atoms with van der Waals surface area (Å²) in [6, 6.07) is 0. The lowest BCUT2D eigenvalue weighted by molar-refractivity contribution is -0.167. The summed E-state index contributed by atoms with van der Waals surface area (Å²) in [5, 5.41) is 0. The van der Waals surface area contributed by atoms with Gasteiger partial charge in [-0.25, -0.2) is 0 Å². The van der Waals surface area contributed by atoms with Gasteiger partial charge >= 0.3 is 17.9 Å². The van der Waals surface area contributed by atoms with E-state index < -0.39 is 6.10 Å². The summed E-state index contributed by atoms with van der Waals surface area (Å²) in [5.41, 5.74) is 0. The maximum absolute atomic E-state index is 12.8. The molecule has 0 amide bonds. The molecule has 0 aliphatic heterocycles. The molecule has 6 heteroatoms. The Morgan fingerprint density at radius 1 is 0.229 bits per heavy atom. The van der Waals surface area contributed by atoms with Crippen LogP contribution >= 0.6 is 0 Å². The highest BCUT2D eigenvalue weighted by Gasteiger charge is 2.19. The molecule has 0 aromatic carbocycles. The minimum Gasteiger partial charge on any atom is -0.462 e. The zero-order chi connectivity index (χ0) is 50.7. The first-order chi connectivity index (χ1) is 34.5. The SMILES string of the molecule is CCCCCCCCCCCCCCCCCCCCCCCCCCCCCC(=O)OCC(COC(=O)CCCCCCCCCCCC)OC(=O)CCCCCCCCCCCCCCCCC. The molecule has 70 heavy (non-hydrogen) atoms. The fourth-order valence-electron chi connectivity index (χ4n) is 10.0. The second-order valence-electron chi connectivity index (χ2n) is 22.1. The Hall–Kier alpha value is -1.59. The summed E-state index contributed by atoms with van der Waals surface area (Å²) in [6.07, 6.45) is 68.4. The maximum Gasteiger partial charge on any atom is 0.306 e. The van der Waals surface area contributed by atoms with Crippen molar-refractivity contribution in [3.8, 4) is 0 Å². The Kier molecular flexibility index (Phi) is 58.6. The number of hydrogen-bond donors (Lipinski definition) is 0. The number of ether oxygens (including phenoxy) is 3. The van der Waals surface area contributed by atoms with Gasteiger partial charge in [0.05, 0.1) is 0 Å². The van der Waals surface area contributed by atoms with Crippen molar-refractivity contribution < 1.29 is 28.6 Å². The van der Waals surface area contributed by atoms with Crippen LogP contribution in [0, 0.1) is 0 Å². The van der Waals surface area contributed by atoms with E-state index in [0.717, 1.165) is 57.8 Å². The number of carbonyl (C=O) groups excluding carboxylic acids is 3. The lowest BCUT2D eigenvalue weighted by Crippen LogP contribution is -2.30. The topological polar surface area (TPSA) is 78.9 Å². The van der Waals surface area contributed by atoms with Crippen LogP contribution < -0.4 is 0 Å². The molecule has 0 heterocycles. The fourth-order valence-corrected chi connectivity index (χ4v) is 10.0. The first-order valence-corrected chi connectivity index (χ1v) is 32.0. The normalized spacial score (nSPS) is 11.9. The van der Waals surface area contributed by atoms with Crippen LogP contribution in [-0.2, 0) is 28.6 Å². The van der Waals surface area contributed by atoms with Crippen LogP contribution in [0.1, 0.15) is 374 Å². The van der Waals surface area contributed by atoms with Crippen molar-refractivity contribution >= 4 is 17.9 Å². The number of unbranched alkanes of at least 4 members (excludes halogenated alkanes) is 49. The summed E-state index contributed by atoms with van der Waals surface area (Å²) >= 11 is 0. The van der Waals surface area contributed by atoms with E-state index in [4.69, 9.17) is 14.2 Å². The molecule has 0 aliphatic rings.